The number of nitrogens with one attached hydrogen (secondary N) is 1. The Morgan fingerprint density at radius 2 is 1.89 bits per heavy atom. The number of carbonyl (C=O) groups excluding carboxylic acids is 1. The van der Waals surface area contributed by atoms with Crippen molar-refractivity contribution >= 4 is 5.91 Å². The van der Waals surface area contributed by atoms with Gasteiger partial charge in [-0.1, -0.05) is 32.9 Å². The number of amides is 1. The molecule has 3 N–H and O–H groups in total. The number of hydrogen-bond acceptors (Lipinski definition) is 2. The third-order valence-electron chi connectivity index (χ3n) is 3.35. The summed E-state index contributed by atoms with van der Waals surface area (Å²) in [6.45, 7) is 8.82. The Morgan fingerprint density at radius 1 is 1.32 bits per heavy atom. The van der Waals surface area contributed by atoms with Crippen LogP contribution in [0.2, 0.25) is 0 Å². The summed E-state index contributed by atoms with van der Waals surface area (Å²) in [5.41, 5.74) is 7.41. The van der Waals surface area contributed by atoms with Crippen LogP contribution >= 0.6 is 0 Å². The van der Waals surface area contributed by atoms with Gasteiger partial charge in [0.25, 0.3) is 5.91 Å². The molecule has 106 valence electrons. The van der Waals surface area contributed by atoms with Crippen LogP contribution in [0.3, 0.4) is 0 Å². The Morgan fingerprint density at radius 3 is 2.32 bits per heavy atom. The third-order valence-corrected chi connectivity index (χ3v) is 3.35. The van der Waals surface area contributed by atoms with Gasteiger partial charge >= 0.3 is 0 Å². The minimum atomic E-state index is -0.339. The summed E-state index contributed by atoms with van der Waals surface area (Å²) in [6, 6.07) is 7.75. The highest BCUT2D eigenvalue weighted by molar-refractivity contribution is 5.94. The van der Waals surface area contributed by atoms with Gasteiger partial charge in [0.05, 0.1) is 0 Å². The van der Waals surface area contributed by atoms with Crippen LogP contribution in [-0.2, 0) is 6.42 Å². The molecular weight excluding hydrogens is 236 g/mol. The normalized spacial score (nSPS) is 14.2. The Balaban J connectivity index is 2.76. The first kappa shape index (κ1) is 15.7. The molecule has 1 aromatic rings. The number of benzene rings is 1. The first-order chi connectivity index (χ1) is 8.90. The van der Waals surface area contributed by atoms with Gasteiger partial charge in [-0.3, -0.25) is 4.79 Å². The Labute approximate surface area is 116 Å². The van der Waals surface area contributed by atoms with E-state index in [1.54, 1.807) is 0 Å². The molecule has 0 aliphatic heterocycles. The van der Waals surface area contributed by atoms with E-state index in [0.29, 0.717) is 18.0 Å². The summed E-state index contributed by atoms with van der Waals surface area (Å²) < 4.78 is 0. The monoisotopic (exact) mass is 262 g/mol. The van der Waals surface area contributed by atoms with Gasteiger partial charge < -0.3 is 11.1 Å². The molecule has 0 heterocycles. The summed E-state index contributed by atoms with van der Waals surface area (Å²) in [4.78, 5) is 12.2. The fourth-order valence-electron chi connectivity index (χ4n) is 2.32. The lowest BCUT2D eigenvalue weighted by Crippen LogP contribution is -2.52. The number of aryl methyl sites for hydroxylation is 1. The smallest absolute Gasteiger partial charge is 0.251 e. The van der Waals surface area contributed by atoms with E-state index in [4.69, 9.17) is 5.73 Å². The van der Waals surface area contributed by atoms with E-state index < -0.39 is 0 Å². The number of rotatable bonds is 6. The first-order valence-corrected chi connectivity index (χ1v) is 7.01. The number of carbonyl (C=O) groups is 1. The third kappa shape index (κ3) is 4.67. The molecule has 1 atom stereocenters. The maximum atomic E-state index is 12.2. The van der Waals surface area contributed by atoms with Gasteiger partial charge in [-0.15, -0.1) is 0 Å². The first-order valence-electron chi connectivity index (χ1n) is 7.01. The molecule has 1 amide bonds. The van der Waals surface area contributed by atoms with E-state index in [0.717, 1.165) is 12.8 Å². The van der Waals surface area contributed by atoms with Gasteiger partial charge in [-0.25, -0.2) is 0 Å². The Hall–Kier alpha value is -1.35. The van der Waals surface area contributed by atoms with E-state index in [-0.39, 0.29) is 11.4 Å². The number of hydrogen-bond donors (Lipinski definition) is 2. The van der Waals surface area contributed by atoms with Crippen LogP contribution in [0.25, 0.3) is 0 Å². The topological polar surface area (TPSA) is 55.1 Å². The second-order valence-electron chi connectivity index (χ2n) is 5.87. The van der Waals surface area contributed by atoms with Crippen LogP contribution in [-0.4, -0.2) is 18.0 Å². The zero-order chi connectivity index (χ0) is 14.5. The van der Waals surface area contributed by atoms with Crippen LogP contribution in [0.5, 0.6) is 0 Å². The van der Waals surface area contributed by atoms with Crippen LogP contribution in [0.15, 0.2) is 24.3 Å². The standard InChI is InChI=1S/C16H26N2O/c1-5-13-6-8-14(9-7-13)15(19)18-16(4,11-17)10-12(2)3/h6-9,12H,5,10-11,17H2,1-4H3,(H,18,19). The van der Waals surface area contributed by atoms with Crippen molar-refractivity contribution in [3.05, 3.63) is 35.4 Å². The maximum absolute atomic E-state index is 12.2. The predicted molar refractivity (Wildman–Crippen MR) is 80.2 cm³/mol. The van der Waals surface area contributed by atoms with Crippen molar-refractivity contribution in [2.24, 2.45) is 11.7 Å². The average Bonchev–Trinajstić information content (AvgIpc) is 2.37. The highest BCUT2D eigenvalue weighted by Gasteiger charge is 2.26. The molecule has 0 aliphatic carbocycles. The molecule has 0 bridgehead atoms. The van der Waals surface area contributed by atoms with Gasteiger partial charge in [-0.2, -0.15) is 0 Å². The van der Waals surface area contributed by atoms with E-state index in [1.807, 2.05) is 31.2 Å². The molecule has 1 unspecified atom stereocenters. The quantitative estimate of drug-likeness (QED) is 0.828. The lowest BCUT2D eigenvalue weighted by molar-refractivity contribution is 0.0898. The van der Waals surface area contributed by atoms with Crippen molar-refractivity contribution in [3.8, 4) is 0 Å². The largest absolute Gasteiger partial charge is 0.346 e. The molecule has 1 rings (SSSR count). The summed E-state index contributed by atoms with van der Waals surface area (Å²) in [6.07, 6.45) is 1.86. The van der Waals surface area contributed by atoms with Crippen molar-refractivity contribution in [1.82, 2.24) is 5.32 Å². The molecule has 19 heavy (non-hydrogen) atoms. The van der Waals surface area contributed by atoms with Crippen LogP contribution in [0.1, 0.15) is 50.0 Å². The highest BCUT2D eigenvalue weighted by Crippen LogP contribution is 2.16. The molecule has 0 aromatic heterocycles. The molecule has 0 saturated carbocycles. The van der Waals surface area contributed by atoms with Crippen LogP contribution < -0.4 is 11.1 Å². The lowest BCUT2D eigenvalue weighted by atomic mass is 9.90. The Bertz CT molecular complexity index is 411. The van der Waals surface area contributed by atoms with Crippen molar-refractivity contribution in [2.45, 2.75) is 46.1 Å². The van der Waals surface area contributed by atoms with E-state index in [9.17, 15) is 4.79 Å². The van der Waals surface area contributed by atoms with Crippen molar-refractivity contribution in [2.75, 3.05) is 6.54 Å². The van der Waals surface area contributed by atoms with Gasteiger partial charge in [-0.05, 0) is 43.4 Å². The maximum Gasteiger partial charge on any atom is 0.251 e. The van der Waals surface area contributed by atoms with Crippen molar-refractivity contribution in [1.29, 1.82) is 0 Å². The second-order valence-corrected chi connectivity index (χ2v) is 5.87. The molecule has 3 heteroatoms. The fourth-order valence-corrected chi connectivity index (χ4v) is 2.32. The van der Waals surface area contributed by atoms with Crippen molar-refractivity contribution in [3.63, 3.8) is 0 Å². The SMILES string of the molecule is CCc1ccc(C(=O)NC(C)(CN)CC(C)C)cc1. The van der Waals surface area contributed by atoms with Gasteiger partial charge in [0.2, 0.25) is 0 Å². The molecule has 1 aromatic carbocycles. The van der Waals surface area contributed by atoms with Gasteiger partial charge in [0.15, 0.2) is 0 Å². The highest BCUT2D eigenvalue weighted by atomic mass is 16.1. The second kappa shape index (κ2) is 6.71. The summed E-state index contributed by atoms with van der Waals surface area (Å²) in [7, 11) is 0. The van der Waals surface area contributed by atoms with Gasteiger partial charge in [0, 0.05) is 17.6 Å². The molecule has 0 spiro atoms. The van der Waals surface area contributed by atoms with E-state index in [1.165, 1.54) is 5.56 Å². The summed E-state index contributed by atoms with van der Waals surface area (Å²) in [5, 5.41) is 3.06. The minimum Gasteiger partial charge on any atom is -0.346 e. The lowest BCUT2D eigenvalue weighted by Gasteiger charge is -2.31. The fraction of sp³-hybridized carbons (Fsp3) is 0.562. The number of nitrogens with two attached hydrogens (primary N) is 1. The van der Waals surface area contributed by atoms with Crippen LogP contribution in [0.4, 0.5) is 0 Å². The molecule has 0 aliphatic rings. The van der Waals surface area contributed by atoms with Crippen molar-refractivity contribution < 1.29 is 4.79 Å². The zero-order valence-corrected chi connectivity index (χ0v) is 12.5. The summed E-state index contributed by atoms with van der Waals surface area (Å²) >= 11 is 0. The van der Waals surface area contributed by atoms with E-state index >= 15 is 0 Å². The molecular formula is C16H26N2O. The zero-order valence-electron chi connectivity index (χ0n) is 12.5. The predicted octanol–water partition coefficient (Wildman–Crippen LogP) is 2.74. The van der Waals surface area contributed by atoms with E-state index in [2.05, 4.69) is 26.1 Å². The average molecular weight is 262 g/mol. The van der Waals surface area contributed by atoms with Crippen LogP contribution in [0, 0.1) is 5.92 Å². The molecule has 0 radical (unpaired) electrons. The molecule has 0 saturated heterocycles. The molecule has 3 nitrogen and oxygen atoms in total. The minimum absolute atomic E-state index is 0.0451. The van der Waals surface area contributed by atoms with Gasteiger partial charge in [0.1, 0.15) is 0 Å². The molecule has 0 fully saturated rings. The summed E-state index contributed by atoms with van der Waals surface area (Å²) in [5.74, 6) is 0.451. The Kier molecular flexibility index (Phi) is 5.55.